The zero-order valence-electron chi connectivity index (χ0n) is 17.0. The lowest BCUT2D eigenvalue weighted by molar-refractivity contribution is -0.118. The second kappa shape index (κ2) is 7.90. The number of aryl methyl sites for hydroxylation is 1. The van der Waals surface area contributed by atoms with Gasteiger partial charge in [-0.15, -0.1) is 6.42 Å². The van der Waals surface area contributed by atoms with Crippen LogP contribution in [0.3, 0.4) is 0 Å². The molecular weight excluding hydrogens is 404 g/mol. The summed E-state index contributed by atoms with van der Waals surface area (Å²) in [5, 5.41) is 0. The van der Waals surface area contributed by atoms with Crippen LogP contribution in [0.2, 0.25) is 0 Å². The fourth-order valence-corrected chi connectivity index (χ4v) is 5.10. The number of aromatic nitrogens is 1. The molecular formula is C26H20N2O2S. The molecule has 0 unspecified atom stereocenters. The minimum absolute atomic E-state index is 0.226. The molecule has 0 radical (unpaired) electrons. The Kier molecular flexibility index (Phi) is 4.93. The zero-order chi connectivity index (χ0) is 21.4. The van der Waals surface area contributed by atoms with Gasteiger partial charge in [0.05, 0.1) is 22.7 Å². The Morgan fingerprint density at radius 1 is 1.10 bits per heavy atom. The number of fused-ring (bicyclic) bond motifs is 3. The second-order valence-corrected chi connectivity index (χ2v) is 8.40. The Bertz CT molecular complexity index is 1380. The van der Waals surface area contributed by atoms with Crippen molar-refractivity contribution in [2.45, 2.75) is 25.8 Å². The van der Waals surface area contributed by atoms with E-state index in [2.05, 4.69) is 36.0 Å². The predicted molar refractivity (Wildman–Crippen MR) is 123 cm³/mol. The van der Waals surface area contributed by atoms with E-state index in [-0.39, 0.29) is 5.91 Å². The van der Waals surface area contributed by atoms with Gasteiger partial charge in [-0.25, -0.2) is 0 Å². The maximum Gasteiger partial charge on any atom is 0.260 e. The smallest absolute Gasteiger partial charge is 0.260 e. The van der Waals surface area contributed by atoms with Crippen molar-refractivity contribution in [1.29, 1.82) is 0 Å². The lowest BCUT2D eigenvalue weighted by Gasteiger charge is -2.25. The predicted octanol–water partition coefficient (Wildman–Crippen LogP) is 5.26. The Hall–Kier alpha value is -3.62. The number of amides is 1. The van der Waals surface area contributed by atoms with Crippen LogP contribution in [-0.4, -0.2) is 10.5 Å². The molecule has 1 aliphatic heterocycles. The highest BCUT2D eigenvalue weighted by Gasteiger charge is 2.32. The average molecular weight is 425 g/mol. The number of benzene rings is 3. The summed E-state index contributed by atoms with van der Waals surface area (Å²) in [7, 11) is 0. The summed E-state index contributed by atoms with van der Waals surface area (Å²) in [5.41, 5.74) is 3.90. The van der Waals surface area contributed by atoms with Crippen molar-refractivity contribution in [3.63, 3.8) is 0 Å². The highest BCUT2D eigenvalue weighted by atomic mass is 32.1. The Labute approximate surface area is 184 Å². The van der Waals surface area contributed by atoms with E-state index >= 15 is 0 Å². The van der Waals surface area contributed by atoms with Gasteiger partial charge in [0.15, 0.2) is 4.80 Å². The van der Waals surface area contributed by atoms with Crippen molar-refractivity contribution in [2.75, 3.05) is 0 Å². The van der Waals surface area contributed by atoms with Crippen LogP contribution in [0.5, 0.6) is 11.5 Å². The van der Waals surface area contributed by atoms with Crippen molar-refractivity contribution in [3.8, 4) is 23.8 Å². The fraction of sp³-hybridized carbons (Fsp3) is 0.154. The van der Waals surface area contributed by atoms with Crippen LogP contribution in [0.15, 0.2) is 71.7 Å². The van der Waals surface area contributed by atoms with Gasteiger partial charge in [-0.05, 0) is 36.2 Å². The lowest BCUT2D eigenvalue weighted by atomic mass is 9.87. The van der Waals surface area contributed by atoms with Gasteiger partial charge in [-0.1, -0.05) is 66.6 Å². The van der Waals surface area contributed by atoms with Crippen LogP contribution in [0, 0.1) is 12.3 Å². The standard InChI is InChI=1S/C26H20N2O2S/c1-3-15-28-20-14-13-17(4-2)16-23(20)31-26(28)27-25(29)24-18-9-5-7-11-21(18)30-22-12-8-6-10-19(22)24/h1,5-14,16,24H,4,15H2,2H3. The number of rotatable bonds is 3. The molecule has 2 heterocycles. The largest absolute Gasteiger partial charge is 0.457 e. The maximum atomic E-state index is 13.6. The molecule has 1 aromatic heterocycles. The first-order chi connectivity index (χ1) is 15.2. The first-order valence-corrected chi connectivity index (χ1v) is 11.0. The number of carbonyl (C=O) groups excluding carboxylic acids is 1. The van der Waals surface area contributed by atoms with E-state index in [4.69, 9.17) is 11.2 Å². The molecule has 0 saturated carbocycles. The number of ether oxygens (including phenoxy) is 1. The van der Waals surface area contributed by atoms with E-state index in [0.29, 0.717) is 22.8 Å². The van der Waals surface area contributed by atoms with E-state index in [1.807, 2.05) is 53.1 Å². The van der Waals surface area contributed by atoms with Gasteiger partial charge in [0, 0.05) is 11.1 Å². The summed E-state index contributed by atoms with van der Waals surface area (Å²) in [6.45, 7) is 2.48. The molecule has 0 aliphatic carbocycles. The number of nitrogens with zero attached hydrogens (tertiary/aromatic N) is 2. The Balaban J connectivity index is 1.68. The molecule has 1 aliphatic rings. The van der Waals surface area contributed by atoms with Crippen molar-refractivity contribution in [2.24, 2.45) is 4.99 Å². The molecule has 4 aromatic rings. The number of hydrogen-bond donors (Lipinski definition) is 0. The number of thiazole rings is 1. The molecule has 0 saturated heterocycles. The molecule has 5 rings (SSSR count). The van der Waals surface area contributed by atoms with Crippen molar-refractivity contribution < 1.29 is 9.53 Å². The molecule has 152 valence electrons. The summed E-state index contributed by atoms with van der Waals surface area (Å²) < 4.78 is 9.04. The van der Waals surface area contributed by atoms with Gasteiger partial charge in [-0.3, -0.25) is 4.79 Å². The normalized spacial score (nSPS) is 13.4. The molecule has 4 nitrogen and oxygen atoms in total. The first kappa shape index (κ1) is 19.3. The second-order valence-electron chi connectivity index (χ2n) is 7.39. The number of para-hydroxylation sites is 2. The fourth-order valence-electron chi connectivity index (χ4n) is 4.00. The van der Waals surface area contributed by atoms with E-state index < -0.39 is 5.92 Å². The number of carbonyl (C=O) groups is 1. The quantitative estimate of drug-likeness (QED) is 0.421. The van der Waals surface area contributed by atoms with Crippen LogP contribution in [0.1, 0.15) is 29.5 Å². The minimum Gasteiger partial charge on any atom is -0.457 e. The summed E-state index contributed by atoms with van der Waals surface area (Å²) in [5.74, 6) is 3.33. The zero-order valence-corrected chi connectivity index (χ0v) is 17.9. The molecule has 1 amide bonds. The van der Waals surface area contributed by atoms with Gasteiger partial charge < -0.3 is 9.30 Å². The van der Waals surface area contributed by atoms with E-state index in [1.165, 1.54) is 16.9 Å². The van der Waals surface area contributed by atoms with Crippen LogP contribution < -0.4 is 9.54 Å². The van der Waals surface area contributed by atoms with Crippen LogP contribution >= 0.6 is 11.3 Å². The van der Waals surface area contributed by atoms with Gasteiger partial charge in [-0.2, -0.15) is 4.99 Å². The minimum atomic E-state index is -0.517. The molecule has 5 heteroatoms. The van der Waals surface area contributed by atoms with Crippen molar-refractivity contribution in [3.05, 3.63) is 88.2 Å². The first-order valence-electron chi connectivity index (χ1n) is 10.2. The van der Waals surface area contributed by atoms with Gasteiger partial charge in [0.25, 0.3) is 5.91 Å². The van der Waals surface area contributed by atoms with E-state index in [0.717, 1.165) is 27.8 Å². The SMILES string of the molecule is C#CCn1c(=NC(=O)C2c3ccccc3Oc3ccccc32)sc2cc(CC)ccc21. The highest BCUT2D eigenvalue weighted by molar-refractivity contribution is 7.16. The van der Waals surface area contributed by atoms with Crippen LogP contribution in [0.25, 0.3) is 10.2 Å². The summed E-state index contributed by atoms with van der Waals surface area (Å²) in [6, 6.07) is 21.6. The van der Waals surface area contributed by atoms with Crippen molar-refractivity contribution in [1.82, 2.24) is 4.57 Å². The third kappa shape index (κ3) is 3.35. The summed E-state index contributed by atoms with van der Waals surface area (Å²) in [4.78, 5) is 18.8. The monoisotopic (exact) mass is 424 g/mol. The van der Waals surface area contributed by atoms with E-state index in [1.54, 1.807) is 0 Å². The highest BCUT2D eigenvalue weighted by Crippen LogP contribution is 2.44. The molecule has 0 spiro atoms. The lowest BCUT2D eigenvalue weighted by Crippen LogP contribution is -2.22. The Morgan fingerprint density at radius 2 is 1.77 bits per heavy atom. The average Bonchev–Trinajstić information content (AvgIpc) is 3.13. The molecule has 0 bridgehead atoms. The van der Waals surface area contributed by atoms with Gasteiger partial charge in [0.1, 0.15) is 11.5 Å². The topological polar surface area (TPSA) is 43.6 Å². The maximum absolute atomic E-state index is 13.6. The van der Waals surface area contributed by atoms with Crippen LogP contribution in [-0.2, 0) is 17.8 Å². The van der Waals surface area contributed by atoms with Gasteiger partial charge >= 0.3 is 0 Å². The Morgan fingerprint density at radius 3 is 2.42 bits per heavy atom. The van der Waals surface area contributed by atoms with Crippen LogP contribution in [0.4, 0.5) is 0 Å². The third-order valence-corrected chi connectivity index (χ3v) is 6.58. The van der Waals surface area contributed by atoms with Crippen molar-refractivity contribution >= 4 is 27.5 Å². The summed E-state index contributed by atoms with van der Waals surface area (Å²) >= 11 is 1.50. The third-order valence-electron chi connectivity index (χ3n) is 5.54. The summed E-state index contributed by atoms with van der Waals surface area (Å²) in [6.07, 6.45) is 6.57. The molecule has 0 N–H and O–H groups in total. The molecule has 3 aromatic carbocycles. The molecule has 0 atom stereocenters. The molecule has 31 heavy (non-hydrogen) atoms. The number of terminal acetylenes is 1. The van der Waals surface area contributed by atoms with E-state index in [9.17, 15) is 4.79 Å². The molecule has 0 fully saturated rings. The van der Waals surface area contributed by atoms with Gasteiger partial charge in [0.2, 0.25) is 0 Å². The number of hydrogen-bond acceptors (Lipinski definition) is 3.